The molecule has 20 heavy (non-hydrogen) atoms. The molecule has 1 aromatic heterocycles. The second kappa shape index (κ2) is 5.35. The number of nitrogens with zero attached hydrogens (tertiary/aromatic N) is 2. The monoisotopic (exact) mass is 273 g/mol. The van der Waals surface area contributed by atoms with Crippen LogP contribution >= 0.6 is 0 Å². The lowest BCUT2D eigenvalue weighted by molar-refractivity contribution is -0.385. The SMILES string of the molecule is Cc1ccccc1C(=O)Nc1ncc([N+](=O)[O-])cc1O. The number of hydrogen-bond donors (Lipinski definition) is 2. The predicted molar refractivity (Wildman–Crippen MR) is 71.7 cm³/mol. The number of carbonyl (C=O) groups is 1. The third-order valence-electron chi connectivity index (χ3n) is 2.69. The van der Waals surface area contributed by atoms with Crippen molar-refractivity contribution in [2.24, 2.45) is 0 Å². The van der Waals surface area contributed by atoms with E-state index in [-0.39, 0.29) is 11.5 Å². The quantitative estimate of drug-likeness (QED) is 0.659. The Kier molecular flexibility index (Phi) is 3.60. The number of carbonyl (C=O) groups excluding carboxylic acids is 1. The number of rotatable bonds is 3. The van der Waals surface area contributed by atoms with Gasteiger partial charge in [0.15, 0.2) is 11.6 Å². The molecule has 0 aliphatic rings. The fourth-order valence-corrected chi connectivity index (χ4v) is 1.64. The molecule has 0 aliphatic carbocycles. The standard InChI is InChI=1S/C13H11N3O4/c1-8-4-2-3-5-10(8)13(18)15-12-11(17)6-9(7-14-12)16(19)20/h2-7,17H,1H3,(H,14,15,18). The molecule has 0 saturated heterocycles. The van der Waals surface area contributed by atoms with E-state index in [1.807, 2.05) is 0 Å². The number of nitro groups is 1. The van der Waals surface area contributed by atoms with Crippen molar-refractivity contribution in [2.45, 2.75) is 6.92 Å². The average Bonchev–Trinajstić information content (AvgIpc) is 2.41. The molecule has 0 bridgehead atoms. The Hall–Kier alpha value is -2.96. The van der Waals surface area contributed by atoms with Gasteiger partial charge in [0.2, 0.25) is 0 Å². The van der Waals surface area contributed by atoms with Gasteiger partial charge in [0.05, 0.1) is 11.0 Å². The van der Waals surface area contributed by atoms with Gasteiger partial charge in [-0.15, -0.1) is 0 Å². The number of nitrogens with one attached hydrogen (secondary N) is 1. The summed E-state index contributed by atoms with van der Waals surface area (Å²) in [5.41, 5.74) is 0.856. The van der Waals surface area contributed by atoms with Crippen LogP contribution in [0.4, 0.5) is 11.5 Å². The van der Waals surface area contributed by atoms with Crippen LogP contribution in [-0.4, -0.2) is 20.9 Å². The molecule has 0 spiro atoms. The van der Waals surface area contributed by atoms with Gasteiger partial charge in [-0.2, -0.15) is 0 Å². The summed E-state index contributed by atoms with van der Waals surface area (Å²) in [4.78, 5) is 25.5. The van der Waals surface area contributed by atoms with Crippen LogP contribution in [0.2, 0.25) is 0 Å². The van der Waals surface area contributed by atoms with Crippen LogP contribution in [-0.2, 0) is 0 Å². The highest BCUT2D eigenvalue weighted by atomic mass is 16.6. The molecular weight excluding hydrogens is 262 g/mol. The van der Waals surface area contributed by atoms with Crippen LogP contribution in [0.3, 0.4) is 0 Å². The van der Waals surface area contributed by atoms with Crippen LogP contribution in [0.5, 0.6) is 5.75 Å². The van der Waals surface area contributed by atoms with Crippen molar-refractivity contribution in [2.75, 3.05) is 5.32 Å². The summed E-state index contributed by atoms with van der Waals surface area (Å²) < 4.78 is 0. The number of amides is 1. The second-order valence-corrected chi connectivity index (χ2v) is 4.09. The van der Waals surface area contributed by atoms with Crippen molar-refractivity contribution in [3.63, 3.8) is 0 Å². The predicted octanol–water partition coefficient (Wildman–Crippen LogP) is 2.26. The summed E-state index contributed by atoms with van der Waals surface area (Å²) in [5, 5.41) is 22.6. The number of benzene rings is 1. The van der Waals surface area contributed by atoms with Crippen molar-refractivity contribution in [1.29, 1.82) is 0 Å². The Bertz CT molecular complexity index is 685. The van der Waals surface area contributed by atoms with Crippen molar-refractivity contribution in [3.8, 4) is 5.75 Å². The maximum atomic E-state index is 12.0. The number of aromatic hydroxyl groups is 1. The fraction of sp³-hybridized carbons (Fsp3) is 0.0769. The molecule has 0 saturated carbocycles. The summed E-state index contributed by atoms with van der Waals surface area (Å²) in [7, 11) is 0. The van der Waals surface area contributed by atoms with Crippen molar-refractivity contribution in [1.82, 2.24) is 4.98 Å². The molecule has 7 heteroatoms. The normalized spacial score (nSPS) is 10.1. The lowest BCUT2D eigenvalue weighted by Gasteiger charge is -2.07. The molecule has 0 fully saturated rings. The molecule has 2 aromatic rings. The van der Waals surface area contributed by atoms with Crippen LogP contribution in [0.15, 0.2) is 36.5 Å². The maximum absolute atomic E-state index is 12.0. The van der Waals surface area contributed by atoms with Gasteiger partial charge in [-0.3, -0.25) is 14.9 Å². The molecule has 0 atom stereocenters. The number of hydrogen-bond acceptors (Lipinski definition) is 5. The topological polar surface area (TPSA) is 105 Å². The summed E-state index contributed by atoms with van der Waals surface area (Å²) in [6.07, 6.45) is 0.965. The first kappa shape index (κ1) is 13.5. The highest BCUT2D eigenvalue weighted by Crippen LogP contribution is 2.25. The van der Waals surface area contributed by atoms with E-state index >= 15 is 0 Å². The van der Waals surface area contributed by atoms with Gasteiger partial charge in [0.1, 0.15) is 6.20 Å². The molecule has 2 N–H and O–H groups in total. The molecule has 2 rings (SSSR count). The highest BCUT2D eigenvalue weighted by Gasteiger charge is 2.15. The summed E-state index contributed by atoms with van der Waals surface area (Å²) in [6.45, 7) is 1.78. The maximum Gasteiger partial charge on any atom is 0.291 e. The van der Waals surface area contributed by atoms with Crippen LogP contribution < -0.4 is 5.32 Å². The number of anilines is 1. The van der Waals surface area contributed by atoms with E-state index < -0.39 is 16.6 Å². The van der Waals surface area contributed by atoms with Crippen LogP contribution in [0, 0.1) is 17.0 Å². The molecule has 0 aliphatic heterocycles. The van der Waals surface area contributed by atoms with E-state index in [1.54, 1.807) is 31.2 Å². The zero-order chi connectivity index (χ0) is 14.7. The molecule has 0 radical (unpaired) electrons. The molecule has 1 heterocycles. The smallest absolute Gasteiger partial charge is 0.291 e. The van der Waals surface area contributed by atoms with E-state index in [4.69, 9.17) is 0 Å². The molecule has 0 unspecified atom stereocenters. The highest BCUT2D eigenvalue weighted by molar-refractivity contribution is 6.05. The number of aryl methyl sites for hydroxylation is 1. The van der Waals surface area contributed by atoms with Crippen molar-refractivity contribution >= 4 is 17.4 Å². The van der Waals surface area contributed by atoms with Crippen molar-refractivity contribution in [3.05, 3.63) is 57.8 Å². The zero-order valence-electron chi connectivity index (χ0n) is 10.5. The van der Waals surface area contributed by atoms with Crippen molar-refractivity contribution < 1.29 is 14.8 Å². The number of pyridine rings is 1. The first-order valence-corrected chi connectivity index (χ1v) is 5.69. The molecule has 7 nitrogen and oxygen atoms in total. The first-order chi connectivity index (χ1) is 9.49. The summed E-state index contributed by atoms with van der Waals surface area (Å²) in [5.74, 6) is -1.02. The minimum Gasteiger partial charge on any atom is -0.504 e. The number of aromatic nitrogens is 1. The summed E-state index contributed by atoms with van der Waals surface area (Å²) >= 11 is 0. The molecule has 102 valence electrons. The minimum atomic E-state index is -0.681. The third-order valence-corrected chi connectivity index (χ3v) is 2.69. The van der Waals surface area contributed by atoms with Gasteiger partial charge in [0, 0.05) is 5.56 Å². The Morgan fingerprint density at radius 3 is 2.70 bits per heavy atom. The van der Waals surface area contributed by atoms with E-state index in [0.29, 0.717) is 5.56 Å². The van der Waals surface area contributed by atoms with E-state index in [0.717, 1.165) is 17.8 Å². The Balaban J connectivity index is 2.25. The Morgan fingerprint density at radius 2 is 2.10 bits per heavy atom. The third kappa shape index (κ3) is 2.72. The van der Waals surface area contributed by atoms with Gasteiger partial charge >= 0.3 is 0 Å². The Morgan fingerprint density at radius 1 is 1.40 bits per heavy atom. The van der Waals surface area contributed by atoms with Crippen LogP contribution in [0.25, 0.3) is 0 Å². The largest absolute Gasteiger partial charge is 0.504 e. The van der Waals surface area contributed by atoms with E-state index in [2.05, 4.69) is 10.3 Å². The zero-order valence-corrected chi connectivity index (χ0v) is 10.5. The van der Waals surface area contributed by atoms with Crippen LogP contribution in [0.1, 0.15) is 15.9 Å². The Labute approximate surface area is 114 Å². The van der Waals surface area contributed by atoms with Gasteiger partial charge in [0.25, 0.3) is 11.6 Å². The molecular formula is C13H11N3O4. The van der Waals surface area contributed by atoms with Gasteiger partial charge in [-0.1, -0.05) is 18.2 Å². The lowest BCUT2D eigenvalue weighted by atomic mass is 10.1. The average molecular weight is 273 g/mol. The van der Waals surface area contributed by atoms with E-state index in [9.17, 15) is 20.0 Å². The first-order valence-electron chi connectivity index (χ1n) is 5.69. The minimum absolute atomic E-state index is 0.121. The van der Waals surface area contributed by atoms with Gasteiger partial charge in [-0.05, 0) is 18.6 Å². The van der Waals surface area contributed by atoms with E-state index in [1.165, 1.54) is 0 Å². The lowest BCUT2D eigenvalue weighted by Crippen LogP contribution is -2.14. The second-order valence-electron chi connectivity index (χ2n) is 4.09. The summed E-state index contributed by atoms with van der Waals surface area (Å²) in [6, 6.07) is 7.85. The van der Waals surface area contributed by atoms with Gasteiger partial charge in [-0.25, -0.2) is 4.98 Å². The molecule has 1 aromatic carbocycles. The van der Waals surface area contributed by atoms with Gasteiger partial charge < -0.3 is 10.4 Å². The molecule has 1 amide bonds. The fourth-order valence-electron chi connectivity index (χ4n) is 1.64.